The number of fused-ring (bicyclic) bond motifs is 1. The van der Waals surface area contributed by atoms with Crippen LogP contribution in [-0.4, -0.2) is 15.9 Å². The van der Waals surface area contributed by atoms with Crippen molar-refractivity contribution in [3.8, 4) is 0 Å². The smallest absolute Gasteiger partial charge is 0.261 e. The molecule has 0 aliphatic heterocycles. The molecule has 3 aromatic rings. The number of amides is 1. The van der Waals surface area contributed by atoms with E-state index in [0.717, 1.165) is 11.1 Å². The number of nitrogens with zero attached hydrogens (tertiary/aromatic N) is 1. The molecule has 0 bridgehead atoms. The lowest BCUT2D eigenvalue weighted by Crippen LogP contribution is -2.31. The van der Waals surface area contributed by atoms with Gasteiger partial charge in [0.2, 0.25) is 0 Å². The maximum Gasteiger partial charge on any atom is 0.261 e. The van der Waals surface area contributed by atoms with E-state index in [9.17, 15) is 9.59 Å². The van der Waals surface area contributed by atoms with Crippen molar-refractivity contribution >= 4 is 16.8 Å². The number of pyridine rings is 2. The van der Waals surface area contributed by atoms with Gasteiger partial charge < -0.3 is 10.3 Å². The first-order chi connectivity index (χ1) is 10.6. The van der Waals surface area contributed by atoms with Crippen molar-refractivity contribution in [2.75, 3.05) is 0 Å². The van der Waals surface area contributed by atoms with Crippen molar-refractivity contribution in [3.05, 3.63) is 76.3 Å². The molecule has 0 aliphatic carbocycles. The molecule has 2 aromatic heterocycles. The number of nitrogens with one attached hydrogen (secondary N) is 2. The summed E-state index contributed by atoms with van der Waals surface area (Å²) in [7, 11) is 0. The van der Waals surface area contributed by atoms with E-state index < -0.39 is 11.5 Å². The molecule has 0 saturated carbocycles. The van der Waals surface area contributed by atoms with E-state index in [1.807, 2.05) is 43.3 Å². The van der Waals surface area contributed by atoms with Crippen LogP contribution in [0.1, 0.15) is 29.0 Å². The molecule has 0 spiro atoms. The van der Waals surface area contributed by atoms with E-state index >= 15 is 0 Å². The molecule has 1 atom stereocenters. The number of hydrogen-bond acceptors (Lipinski definition) is 3. The molecule has 0 aliphatic rings. The molecular formula is C17H15N3O2. The van der Waals surface area contributed by atoms with Gasteiger partial charge in [-0.05, 0) is 36.6 Å². The second kappa shape index (κ2) is 5.81. The van der Waals surface area contributed by atoms with Gasteiger partial charge in [0.05, 0.1) is 11.7 Å². The Morgan fingerprint density at radius 3 is 2.73 bits per heavy atom. The van der Waals surface area contributed by atoms with Crippen molar-refractivity contribution in [2.45, 2.75) is 13.0 Å². The van der Waals surface area contributed by atoms with Crippen molar-refractivity contribution in [1.82, 2.24) is 15.3 Å². The summed E-state index contributed by atoms with van der Waals surface area (Å²) < 4.78 is 0. The highest BCUT2D eigenvalue weighted by Gasteiger charge is 2.15. The molecule has 2 N–H and O–H groups in total. The first kappa shape index (κ1) is 14.0. The summed E-state index contributed by atoms with van der Waals surface area (Å²) in [4.78, 5) is 31.3. The number of carbonyl (C=O) groups excluding carboxylic acids is 1. The van der Waals surface area contributed by atoms with Crippen LogP contribution in [0.25, 0.3) is 10.9 Å². The average Bonchev–Trinajstić information content (AvgIpc) is 2.54. The second-order valence-electron chi connectivity index (χ2n) is 5.05. The largest absolute Gasteiger partial charge is 0.344 e. The molecule has 5 heteroatoms. The van der Waals surface area contributed by atoms with Crippen LogP contribution in [0, 0.1) is 0 Å². The van der Waals surface area contributed by atoms with Crippen LogP contribution in [0.2, 0.25) is 0 Å². The number of carbonyl (C=O) groups is 1. The van der Waals surface area contributed by atoms with Gasteiger partial charge in [-0.1, -0.05) is 24.3 Å². The number of H-pyrrole nitrogens is 1. The minimum atomic E-state index is -0.412. The zero-order chi connectivity index (χ0) is 15.5. The predicted octanol–water partition coefficient (Wildman–Crippen LogP) is 2.41. The number of hydrogen-bond donors (Lipinski definition) is 2. The lowest BCUT2D eigenvalue weighted by atomic mass is 10.1. The molecular weight excluding hydrogens is 278 g/mol. The van der Waals surface area contributed by atoms with Crippen molar-refractivity contribution in [2.24, 2.45) is 0 Å². The molecule has 110 valence electrons. The zero-order valence-corrected chi connectivity index (χ0v) is 12.0. The van der Waals surface area contributed by atoms with E-state index in [-0.39, 0.29) is 11.6 Å². The van der Waals surface area contributed by atoms with Gasteiger partial charge in [-0.15, -0.1) is 0 Å². The normalized spacial score (nSPS) is 12.0. The van der Waals surface area contributed by atoms with Crippen LogP contribution < -0.4 is 10.9 Å². The van der Waals surface area contributed by atoms with Crippen LogP contribution in [-0.2, 0) is 0 Å². The van der Waals surface area contributed by atoms with Gasteiger partial charge in [-0.3, -0.25) is 14.6 Å². The third kappa shape index (κ3) is 2.74. The summed E-state index contributed by atoms with van der Waals surface area (Å²) in [6.07, 6.45) is 1.67. The van der Waals surface area contributed by atoms with Crippen molar-refractivity contribution in [1.29, 1.82) is 0 Å². The summed E-state index contributed by atoms with van der Waals surface area (Å²) >= 11 is 0. The first-order valence-corrected chi connectivity index (χ1v) is 6.99. The van der Waals surface area contributed by atoms with E-state index in [0.29, 0.717) is 5.52 Å². The van der Waals surface area contributed by atoms with Gasteiger partial charge in [0.1, 0.15) is 5.56 Å². The van der Waals surface area contributed by atoms with Gasteiger partial charge in [-0.25, -0.2) is 0 Å². The Morgan fingerprint density at radius 2 is 1.95 bits per heavy atom. The molecule has 2 heterocycles. The highest BCUT2D eigenvalue weighted by molar-refractivity contribution is 5.97. The Bertz CT molecular complexity index is 872. The summed E-state index contributed by atoms with van der Waals surface area (Å²) in [5.41, 5.74) is 1.15. The maximum atomic E-state index is 12.3. The molecule has 3 rings (SSSR count). The Hall–Kier alpha value is -2.95. The van der Waals surface area contributed by atoms with Gasteiger partial charge in [0, 0.05) is 11.7 Å². The number of rotatable bonds is 3. The number of aromatic amines is 1. The summed E-state index contributed by atoms with van der Waals surface area (Å²) in [6, 6.07) is 14.2. The highest BCUT2D eigenvalue weighted by Crippen LogP contribution is 2.12. The van der Waals surface area contributed by atoms with Crippen LogP contribution in [0.4, 0.5) is 0 Å². The number of para-hydroxylation sites is 1. The van der Waals surface area contributed by atoms with Gasteiger partial charge in [-0.2, -0.15) is 0 Å². The average molecular weight is 293 g/mol. The van der Waals surface area contributed by atoms with Gasteiger partial charge >= 0.3 is 0 Å². The maximum absolute atomic E-state index is 12.3. The van der Waals surface area contributed by atoms with Gasteiger partial charge in [0.15, 0.2) is 0 Å². The highest BCUT2D eigenvalue weighted by atomic mass is 16.2. The fourth-order valence-electron chi connectivity index (χ4n) is 2.30. The topological polar surface area (TPSA) is 74.8 Å². The Balaban J connectivity index is 1.89. The van der Waals surface area contributed by atoms with Crippen LogP contribution in [0.3, 0.4) is 0 Å². The SMILES string of the molecule is C[C@H](NC(=O)c1cc2ccccc2[nH]c1=O)c1ccccn1. The molecule has 0 saturated heterocycles. The molecule has 1 amide bonds. The first-order valence-electron chi connectivity index (χ1n) is 6.99. The minimum absolute atomic E-state index is 0.0986. The summed E-state index contributed by atoms with van der Waals surface area (Å²) in [5, 5.41) is 3.61. The van der Waals surface area contributed by atoms with Crippen LogP contribution in [0.15, 0.2) is 59.5 Å². The standard InChI is InChI=1S/C17H15N3O2/c1-11(14-7-4-5-9-18-14)19-16(21)13-10-12-6-2-3-8-15(12)20-17(13)22/h2-11H,1H3,(H,19,21)(H,20,22)/t11-/m0/s1. The summed E-state index contributed by atoms with van der Waals surface area (Å²) in [5.74, 6) is -0.412. The number of aromatic nitrogens is 2. The fourth-order valence-corrected chi connectivity index (χ4v) is 2.30. The van der Waals surface area contributed by atoms with Crippen LogP contribution in [0.5, 0.6) is 0 Å². The fraction of sp³-hybridized carbons (Fsp3) is 0.118. The monoisotopic (exact) mass is 293 g/mol. The van der Waals surface area contributed by atoms with Crippen LogP contribution >= 0.6 is 0 Å². The molecule has 22 heavy (non-hydrogen) atoms. The Morgan fingerprint density at radius 1 is 1.18 bits per heavy atom. The Kier molecular flexibility index (Phi) is 3.70. The van der Waals surface area contributed by atoms with Crippen molar-refractivity contribution in [3.63, 3.8) is 0 Å². The van der Waals surface area contributed by atoms with Crippen molar-refractivity contribution < 1.29 is 4.79 Å². The molecule has 0 fully saturated rings. The molecule has 0 unspecified atom stereocenters. The molecule has 1 aromatic carbocycles. The van der Waals surface area contributed by atoms with E-state index in [1.165, 1.54) is 0 Å². The Labute approximate surface area is 127 Å². The van der Waals surface area contributed by atoms with E-state index in [2.05, 4.69) is 15.3 Å². The quantitative estimate of drug-likeness (QED) is 0.778. The molecule has 0 radical (unpaired) electrons. The van der Waals surface area contributed by atoms with E-state index in [1.54, 1.807) is 18.3 Å². The summed E-state index contributed by atoms with van der Waals surface area (Å²) in [6.45, 7) is 1.83. The lowest BCUT2D eigenvalue weighted by Gasteiger charge is -2.13. The minimum Gasteiger partial charge on any atom is -0.344 e. The third-order valence-electron chi connectivity index (χ3n) is 3.48. The van der Waals surface area contributed by atoms with Gasteiger partial charge in [0.25, 0.3) is 11.5 Å². The zero-order valence-electron chi connectivity index (χ0n) is 12.0. The predicted molar refractivity (Wildman–Crippen MR) is 84.7 cm³/mol. The second-order valence-corrected chi connectivity index (χ2v) is 5.05. The number of benzene rings is 1. The third-order valence-corrected chi connectivity index (χ3v) is 3.48. The van der Waals surface area contributed by atoms with E-state index in [4.69, 9.17) is 0 Å². The lowest BCUT2D eigenvalue weighted by molar-refractivity contribution is 0.0938. The molecule has 5 nitrogen and oxygen atoms in total.